The molecule has 0 aliphatic carbocycles. The number of benzene rings is 2. The molecular weight excluding hydrogens is 302 g/mol. The normalized spacial score (nSPS) is 10.7. The van der Waals surface area contributed by atoms with E-state index in [2.05, 4.69) is 15.5 Å². The predicted octanol–water partition coefficient (Wildman–Crippen LogP) is 3.22. The van der Waals surface area contributed by atoms with Crippen molar-refractivity contribution in [1.82, 2.24) is 10.4 Å². The first-order valence-electron chi connectivity index (χ1n) is 7.37. The summed E-state index contributed by atoms with van der Waals surface area (Å²) in [5.74, 6) is -0.554. The fourth-order valence-electron chi connectivity index (χ4n) is 2.19. The third-order valence-electron chi connectivity index (χ3n) is 3.38. The van der Waals surface area contributed by atoms with Crippen molar-refractivity contribution in [3.8, 4) is 17.0 Å². The second-order valence-electron chi connectivity index (χ2n) is 5.06. The van der Waals surface area contributed by atoms with E-state index < -0.39 is 5.91 Å². The van der Waals surface area contributed by atoms with Crippen LogP contribution >= 0.6 is 0 Å². The number of pyridine rings is 1. The predicted molar refractivity (Wildman–Crippen MR) is 92.8 cm³/mol. The third kappa shape index (κ3) is 3.64. The van der Waals surface area contributed by atoms with Crippen LogP contribution < -0.4 is 5.43 Å². The Bertz CT molecular complexity index is 877. The fourth-order valence-corrected chi connectivity index (χ4v) is 2.19. The van der Waals surface area contributed by atoms with Crippen LogP contribution in [0.5, 0.6) is 5.75 Å². The van der Waals surface area contributed by atoms with Crippen molar-refractivity contribution in [3.63, 3.8) is 0 Å². The molecule has 1 amide bonds. The molecule has 2 N–H and O–H groups in total. The van der Waals surface area contributed by atoms with Crippen LogP contribution in [0, 0.1) is 0 Å². The first kappa shape index (κ1) is 15.4. The van der Waals surface area contributed by atoms with Gasteiger partial charge in [-0.2, -0.15) is 5.10 Å². The molecule has 0 aliphatic rings. The number of aromatic nitrogens is 1. The van der Waals surface area contributed by atoms with E-state index in [1.807, 2.05) is 36.4 Å². The molecule has 0 aliphatic heterocycles. The van der Waals surface area contributed by atoms with E-state index in [4.69, 9.17) is 0 Å². The highest BCUT2D eigenvalue weighted by Gasteiger charge is 2.08. The number of carbonyl (C=O) groups excluding carboxylic acids is 1. The summed E-state index contributed by atoms with van der Waals surface area (Å²) in [6, 6.07) is 19.8. The Balaban J connectivity index is 1.71. The number of amides is 1. The first-order chi connectivity index (χ1) is 11.7. The molecule has 0 unspecified atom stereocenters. The minimum absolute atomic E-state index is 0.0829. The molecular formula is C19H15N3O2. The Hall–Kier alpha value is -3.47. The van der Waals surface area contributed by atoms with Crippen molar-refractivity contribution in [2.24, 2.45) is 5.10 Å². The van der Waals surface area contributed by atoms with Gasteiger partial charge in [-0.05, 0) is 29.8 Å². The lowest BCUT2D eigenvalue weighted by atomic mass is 10.1. The Morgan fingerprint density at radius 1 is 1.04 bits per heavy atom. The monoisotopic (exact) mass is 317 g/mol. The van der Waals surface area contributed by atoms with Gasteiger partial charge in [-0.1, -0.05) is 42.5 Å². The number of rotatable bonds is 4. The van der Waals surface area contributed by atoms with Gasteiger partial charge < -0.3 is 5.11 Å². The van der Waals surface area contributed by atoms with Gasteiger partial charge in [0.05, 0.1) is 17.5 Å². The zero-order valence-electron chi connectivity index (χ0n) is 12.8. The van der Waals surface area contributed by atoms with E-state index in [1.54, 1.807) is 24.4 Å². The summed E-state index contributed by atoms with van der Waals surface area (Å²) < 4.78 is 0. The number of carbonyl (C=O) groups is 1. The molecule has 0 saturated carbocycles. The summed E-state index contributed by atoms with van der Waals surface area (Å²) in [7, 11) is 0. The summed E-state index contributed by atoms with van der Waals surface area (Å²) in [6.07, 6.45) is 3.22. The summed E-state index contributed by atoms with van der Waals surface area (Å²) in [5.41, 5.74) is 5.21. The highest BCUT2D eigenvalue weighted by atomic mass is 16.3. The average molecular weight is 317 g/mol. The lowest BCUT2D eigenvalue weighted by molar-refractivity contribution is 0.0952. The number of aromatic hydroxyl groups is 1. The molecule has 0 atom stereocenters. The Labute approximate surface area is 139 Å². The van der Waals surface area contributed by atoms with Crippen LogP contribution in [-0.4, -0.2) is 22.2 Å². The zero-order valence-corrected chi connectivity index (χ0v) is 12.8. The van der Waals surface area contributed by atoms with Crippen molar-refractivity contribution < 1.29 is 9.90 Å². The molecule has 24 heavy (non-hydrogen) atoms. The van der Waals surface area contributed by atoms with Gasteiger partial charge in [-0.15, -0.1) is 0 Å². The van der Waals surface area contributed by atoms with Gasteiger partial charge in [0.1, 0.15) is 5.75 Å². The average Bonchev–Trinajstić information content (AvgIpc) is 2.63. The highest BCUT2D eigenvalue weighted by molar-refractivity contribution is 5.97. The van der Waals surface area contributed by atoms with Gasteiger partial charge in [0.25, 0.3) is 5.91 Å². The molecule has 5 nitrogen and oxygen atoms in total. The summed E-state index contributed by atoms with van der Waals surface area (Å²) >= 11 is 0. The number of nitrogens with zero attached hydrogens (tertiary/aromatic N) is 2. The van der Waals surface area contributed by atoms with Crippen LogP contribution in [0.25, 0.3) is 11.3 Å². The number of hydrogen-bond donors (Lipinski definition) is 2. The second-order valence-corrected chi connectivity index (χ2v) is 5.06. The minimum Gasteiger partial charge on any atom is -0.507 e. The minimum atomic E-state index is -0.471. The van der Waals surface area contributed by atoms with Gasteiger partial charge in [0, 0.05) is 11.8 Å². The molecule has 3 aromatic rings. The number of para-hydroxylation sites is 1. The number of hydrazone groups is 1. The third-order valence-corrected chi connectivity index (χ3v) is 3.38. The van der Waals surface area contributed by atoms with Crippen LogP contribution in [-0.2, 0) is 0 Å². The molecule has 118 valence electrons. The summed E-state index contributed by atoms with van der Waals surface area (Å²) in [5, 5.41) is 13.6. The number of phenolic OH excluding ortho intramolecular Hbond substituents is 1. The van der Waals surface area contributed by atoms with Gasteiger partial charge in [0.15, 0.2) is 0 Å². The summed E-state index contributed by atoms with van der Waals surface area (Å²) in [6.45, 7) is 0. The van der Waals surface area contributed by atoms with Gasteiger partial charge in [-0.3, -0.25) is 9.78 Å². The Morgan fingerprint density at radius 2 is 1.79 bits per heavy atom. The SMILES string of the molecule is O=C(N/N=C/c1ccnc(-c2ccccc2)c1)c1ccccc1O. The quantitative estimate of drug-likeness (QED) is 0.573. The molecule has 0 bridgehead atoms. The van der Waals surface area contributed by atoms with Crippen LogP contribution in [0.15, 0.2) is 78.0 Å². The van der Waals surface area contributed by atoms with Crippen molar-refractivity contribution in [2.45, 2.75) is 0 Å². The number of hydrogen-bond acceptors (Lipinski definition) is 4. The Kier molecular flexibility index (Phi) is 4.62. The van der Waals surface area contributed by atoms with E-state index in [0.717, 1.165) is 16.8 Å². The maximum atomic E-state index is 11.9. The molecule has 1 aromatic heterocycles. The second kappa shape index (κ2) is 7.19. The number of phenols is 1. The maximum absolute atomic E-state index is 11.9. The topological polar surface area (TPSA) is 74.6 Å². The standard InChI is InChI=1S/C19H15N3O2/c23-18-9-5-4-8-16(18)19(24)22-21-13-14-10-11-20-17(12-14)15-6-2-1-3-7-15/h1-13,23H,(H,22,24)/b21-13+. The van der Waals surface area contributed by atoms with Crippen molar-refractivity contribution >= 4 is 12.1 Å². The molecule has 0 radical (unpaired) electrons. The largest absolute Gasteiger partial charge is 0.507 e. The van der Waals surface area contributed by atoms with Crippen LogP contribution in [0.4, 0.5) is 0 Å². The van der Waals surface area contributed by atoms with Gasteiger partial charge in [0.2, 0.25) is 0 Å². The molecule has 5 heteroatoms. The van der Waals surface area contributed by atoms with Crippen LogP contribution in [0.1, 0.15) is 15.9 Å². The van der Waals surface area contributed by atoms with E-state index in [9.17, 15) is 9.90 Å². The van der Waals surface area contributed by atoms with E-state index in [1.165, 1.54) is 18.3 Å². The van der Waals surface area contributed by atoms with Crippen molar-refractivity contribution in [3.05, 3.63) is 84.1 Å². The molecule has 2 aromatic carbocycles. The molecule has 0 spiro atoms. The van der Waals surface area contributed by atoms with Crippen molar-refractivity contribution in [2.75, 3.05) is 0 Å². The zero-order chi connectivity index (χ0) is 16.8. The van der Waals surface area contributed by atoms with Crippen LogP contribution in [0.2, 0.25) is 0 Å². The first-order valence-corrected chi connectivity index (χ1v) is 7.37. The maximum Gasteiger partial charge on any atom is 0.275 e. The smallest absolute Gasteiger partial charge is 0.275 e. The van der Waals surface area contributed by atoms with Gasteiger partial charge in [-0.25, -0.2) is 5.43 Å². The molecule has 3 rings (SSSR count). The van der Waals surface area contributed by atoms with Gasteiger partial charge >= 0.3 is 0 Å². The molecule has 1 heterocycles. The highest BCUT2D eigenvalue weighted by Crippen LogP contribution is 2.17. The molecule has 0 fully saturated rings. The Morgan fingerprint density at radius 3 is 2.58 bits per heavy atom. The van der Waals surface area contributed by atoms with E-state index in [0.29, 0.717) is 0 Å². The fraction of sp³-hybridized carbons (Fsp3) is 0. The van der Waals surface area contributed by atoms with E-state index in [-0.39, 0.29) is 11.3 Å². The molecule has 0 saturated heterocycles. The number of nitrogens with one attached hydrogen (secondary N) is 1. The van der Waals surface area contributed by atoms with Crippen LogP contribution in [0.3, 0.4) is 0 Å². The van der Waals surface area contributed by atoms with Crippen molar-refractivity contribution in [1.29, 1.82) is 0 Å². The van der Waals surface area contributed by atoms with E-state index >= 15 is 0 Å². The lowest BCUT2D eigenvalue weighted by Crippen LogP contribution is -2.17. The summed E-state index contributed by atoms with van der Waals surface area (Å²) in [4.78, 5) is 16.3. The lowest BCUT2D eigenvalue weighted by Gasteiger charge is -2.03.